The fourth-order valence-corrected chi connectivity index (χ4v) is 0.872. The van der Waals surface area contributed by atoms with Gasteiger partial charge >= 0.3 is 0 Å². The Hall–Kier alpha value is -1.33. The fourth-order valence-electron chi connectivity index (χ4n) is 0.872. The van der Waals surface area contributed by atoms with Gasteiger partial charge in [-0.3, -0.25) is 15.3 Å². The maximum Gasteiger partial charge on any atom is 0.197 e. The largest absolute Gasteiger partial charge is 0.382 e. The van der Waals surface area contributed by atoms with E-state index in [1.165, 1.54) is 6.07 Å². The van der Waals surface area contributed by atoms with Crippen molar-refractivity contribution in [2.45, 2.75) is 0 Å². The maximum absolute atomic E-state index is 11.9. The molecule has 0 radical (unpaired) electrons. The highest BCUT2D eigenvalue weighted by molar-refractivity contribution is 5.54. The second-order valence-electron chi connectivity index (χ2n) is 2.52. The third-order valence-electron chi connectivity index (χ3n) is 1.54. The van der Waals surface area contributed by atoms with Gasteiger partial charge in [0.25, 0.3) is 0 Å². The summed E-state index contributed by atoms with van der Waals surface area (Å²) in [5, 5.41) is 0. The number of hydrogen-bond acceptors (Lipinski definition) is 4. The van der Waals surface area contributed by atoms with Crippen molar-refractivity contribution in [1.82, 2.24) is 0 Å². The lowest BCUT2D eigenvalue weighted by molar-refractivity contribution is -0.00627. The Labute approximate surface area is 81.4 Å². The van der Waals surface area contributed by atoms with Crippen LogP contribution in [-0.4, -0.2) is 20.3 Å². The van der Waals surface area contributed by atoms with Crippen molar-refractivity contribution in [1.29, 1.82) is 0 Å². The second-order valence-corrected chi connectivity index (χ2v) is 2.52. The molecular formula is C9H12FNO3. The summed E-state index contributed by atoms with van der Waals surface area (Å²) in [5.74, 6) is 0.0879. The quantitative estimate of drug-likeness (QED) is 0.564. The third kappa shape index (κ3) is 3.20. The molecule has 0 aliphatic heterocycles. The Balaban J connectivity index is 2.41. The molecule has 78 valence electrons. The molecular weight excluding hydrogens is 189 g/mol. The summed E-state index contributed by atoms with van der Waals surface area (Å²) in [6.45, 7) is 0.836. The van der Waals surface area contributed by atoms with Gasteiger partial charge in [-0.1, -0.05) is 12.1 Å². The van der Waals surface area contributed by atoms with Crippen LogP contribution in [0.1, 0.15) is 0 Å². The first-order valence-electron chi connectivity index (χ1n) is 4.13. The minimum absolute atomic E-state index is 0.0879. The average molecular weight is 201 g/mol. The Bertz CT molecular complexity index is 270. The molecule has 1 N–H and O–H groups in total. The number of benzene rings is 1. The van der Waals surface area contributed by atoms with E-state index in [1.54, 1.807) is 25.3 Å². The molecule has 1 rings (SSSR count). The zero-order valence-electron chi connectivity index (χ0n) is 7.83. The van der Waals surface area contributed by atoms with E-state index < -0.39 is 0 Å². The lowest BCUT2D eigenvalue weighted by Gasteiger charge is -2.07. The van der Waals surface area contributed by atoms with Gasteiger partial charge in [-0.15, -0.1) is 0 Å². The maximum atomic E-state index is 11.9. The van der Waals surface area contributed by atoms with Crippen LogP contribution >= 0.6 is 0 Å². The Kier molecular flexibility index (Phi) is 4.74. The van der Waals surface area contributed by atoms with Gasteiger partial charge in [0.05, 0.1) is 13.2 Å². The molecule has 1 aromatic rings. The number of nitrogens with one attached hydrogen (secondary N) is 1. The first-order valence-corrected chi connectivity index (χ1v) is 4.13. The van der Waals surface area contributed by atoms with Crippen LogP contribution in [0.15, 0.2) is 24.3 Å². The zero-order valence-corrected chi connectivity index (χ0v) is 7.83. The van der Waals surface area contributed by atoms with Gasteiger partial charge in [0.2, 0.25) is 0 Å². The summed E-state index contributed by atoms with van der Waals surface area (Å²) < 4.78 is 16.7. The van der Waals surface area contributed by atoms with E-state index in [0.717, 1.165) is 0 Å². The Morgan fingerprint density at radius 3 is 2.79 bits per heavy atom. The lowest BCUT2D eigenvalue weighted by atomic mass is 10.3. The van der Waals surface area contributed by atoms with Crippen molar-refractivity contribution in [3.05, 3.63) is 24.3 Å². The highest BCUT2D eigenvalue weighted by atomic mass is 19.3. The first kappa shape index (κ1) is 10.7. The molecule has 0 amide bonds. The SMILES string of the molecule is COCCONc1ccccc1OF. The molecule has 0 aromatic heterocycles. The van der Waals surface area contributed by atoms with Crippen LogP contribution in [0.3, 0.4) is 0 Å². The molecule has 4 nitrogen and oxygen atoms in total. The number of hydrogen-bond donors (Lipinski definition) is 1. The predicted octanol–water partition coefficient (Wildman–Crippen LogP) is 1.94. The van der Waals surface area contributed by atoms with Gasteiger partial charge in [-0.2, -0.15) is 0 Å². The molecule has 0 bridgehead atoms. The van der Waals surface area contributed by atoms with Gasteiger partial charge in [0, 0.05) is 11.6 Å². The van der Waals surface area contributed by atoms with Gasteiger partial charge in [0.15, 0.2) is 5.75 Å². The smallest absolute Gasteiger partial charge is 0.197 e. The number of ether oxygens (including phenoxy) is 1. The molecule has 5 heteroatoms. The molecule has 0 fully saturated rings. The monoisotopic (exact) mass is 201 g/mol. The van der Waals surface area contributed by atoms with E-state index in [4.69, 9.17) is 9.57 Å². The predicted molar refractivity (Wildman–Crippen MR) is 49.6 cm³/mol. The summed E-state index contributed by atoms with van der Waals surface area (Å²) in [6, 6.07) is 6.53. The molecule has 0 atom stereocenters. The molecule has 1 aromatic carbocycles. The second kappa shape index (κ2) is 6.17. The van der Waals surface area contributed by atoms with Crippen LogP contribution in [0.2, 0.25) is 0 Å². The number of rotatable bonds is 6. The zero-order chi connectivity index (χ0) is 10.2. The van der Waals surface area contributed by atoms with Crippen molar-refractivity contribution in [2.75, 3.05) is 25.8 Å². The van der Waals surface area contributed by atoms with E-state index in [2.05, 4.69) is 10.4 Å². The number of methoxy groups -OCH3 is 1. The number of anilines is 1. The van der Waals surface area contributed by atoms with Crippen LogP contribution in [0.4, 0.5) is 10.2 Å². The van der Waals surface area contributed by atoms with E-state index >= 15 is 0 Å². The van der Waals surface area contributed by atoms with Gasteiger partial charge < -0.3 is 4.74 Å². The van der Waals surface area contributed by atoms with E-state index in [-0.39, 0.29) is 5.75 Å². The topological polar surface area (TPSA) is 39.7 Å². The van der Waals surface area contributed by atoms with Gasteiger partial charge in [0.1, 0.15) is 5.69 Å². The molecule has 0 unspecified atom stereocenters. The van der Waals surface area contributed by atoms with Crippen molar-refractivity contribution < 1.29 is 19.0 Å². The summed E-state index contributed by atoms with van der Waals surface area (Å²) in [4.78, 5) is 8.61. The number of halogens is 1. The van der Waals surface area contributed by atoms with Crippen molar-refractivity contribution in [3.8, 4) is 5.75 Å². The average Bonchev–Trinajstić information content (AvgIpc) is 2.25. The lowest BCUT2D eigenvalue weighted by Crippen LogP contribution is -2.07. The number of para-hydroxylation sites is 2. The highest BCUT2D eigenvalue weighted by Gasteiger charge is 2.02. The van der Waals surface area contributed by atoms with Crippen molar-refractivity contribution in [2.24, 2.45) is 0 Å². The van der Waals surface area contributed by atoms with Crippen LogP contribution in [0.25, 0.3) is 0 Å². The standard InChI is InChI=1S/C9H12FNO3/c1-12-6-7-13-11-8-4-2-3-5-9(8)14-10/h2-5,11H,6-7H2,1H3. The van der Waals surface area contributed by atoms with Crippen LogP contribution in [0.5, 0.6) is 5.75 Å². The van der Waals surface area contributed by atoms with Crippen LogP contribution in [0, 0.1) is 0 Å². The molecule has 0 aliphatic carbocycles. The van der Waals surface area contributed by atoms with Crippen molar-refractivity contribution >= 4 is 5.69 Å². The van der Waals surface area contributed by atoms with E-state index in [9.17, 15) is 4.53 Å². The Morgan fingerprint density at radius 2 is 2.07 bits per heavy atom. The molecule has 0 aliphatic rings. The molecule has 0 heterocycles. The summed E-state index contributed by atoms with van der Waals surface area (Å²) in [6.07, 6.45) is 0. The highest BCUT2D eigenvalue weighted by Crippen LogP contribution is 2.23. The third-order valence-corrected chi connectivity index (χ3v) is 1.54. The first-order chi connectivity index (χ1) is 6.88. The van der Waals surface area contributed by atoms with Gasteiger partial charge in [-0.25, -0.2) is 0 Å². The minimum atomic E-state index is 0.0879. The molecule has 14 heavy (non-hydrogen) atoms. The molecule has 0 saturated heterocycles. The fraction of sp³-hybridized carbons (Fsp3) is 0.333. The summed E-state index contributed by atoms with van der Waals surface area (Å²) in [7, 11) is 1.57. The van der Waals surface area contributed by atoms with Crippen molar-refractivity contribution in [3.63, 3.8) is 0 Å². The van der Waals surface area contributed by atoms with Crippen LogP contribution in [-0.2, 0) is 9.57 Å². The molecule has 0 saturated carbocycles. The molecule has 0 spiro atoms. The summed E-state index contributed by atoms with van der Waals surface area (Å²) in [5.41, 5.74) is 2.99. The minimum Gasteiger partial charge on any atom is -0.382 e. The Morgan fingerprint density at radius 1 is 1.29 bits per heavy atom. The van der Waals surface area contributed by atoms with Gasteiger partial charge in [-0.05, 0) is 12.1 Å². The van der Waals surface area contributed by atoms with E-state index in [0.29, 0.717) is 18.9 Å². The van der Waals surface area contributed by atoms with E-state index in [1.807, 2.05) is 0 Å². The normalized spacial score (nSPS) is 9.86. The van der Waals surface area contributed by atoms with Crippen LogP contribution < -0.4 is 10.4 Å². The summed E-state index contributed by atoms with van der Waals surface area (Å²) >= 11 is 0.